The maximum atomic E-state index is 12.4. The van der Waals surface area contributed by atoms with Gasteiger partial charge in [0.25, 0.3) is 5.91 Å². The van der Waals surface area contributed by atoms with E-state index in [-0.39, 0.29) is 5.57 Å². The Balaban J connectivity index is 1.61. The van der Waals surface area contributed by atoms with Crippen molar-refractivity contribution in [2.75, 3.05) is 18.4 Å². The average molecular weight is 361 g/mol. The summed E-state index contributed by atoms with van der Waals surface area (Å²) >= 11 is 0. The number of carbonyl (C=O) groups is 1. The fourth-order valence-corrected chi connectivity index (χ4v) is 2.97. The van der Waals surface area contributed by atoms with Gasteiger partial charge in [-0.2, -0.15) is 5.26 Å². The molecule has 1 saturated heterocycles. The molecule has 27 heavy (non-hydrogen) atoms. The molecule has 1 fully saturated rings. The third-order valence-corrected chi connectivity index (χ3v) is 4.41. The number of amides is 1. The van der Waals surface area contributed by atoms with E-state index in [0.717, 1.165) is 31.7 Å². The van der Waals surface area contributed by atoms with Gasteiger partial charge in [-0.05, 0) is 49.2 Å². The lowest BCUT2D eigenvalue weighted by molar-refractivity contribution is -0.112. The van der Waals surface area contributed by atoms with Crippen molar-refractivity contribution in [2.24, 2.45) is 0 Å². The van der Waals surface area contributed by atoms with Crippen molar-refractivity contribution >= 4 is 11.6 Å². The number of ether oxygens (including phenoxy) is 1. The topological polar surface area (TPSA) is 65.4 Å². The summed E-state index contributed by atoms with van der Waals surface area (Å²) in [6.07, 6.45) is 6.29. The van der Waals surface area contributed by atoms with Crippen LogP contribution in [-0.2, 0) is 4.79 Å². The molecular formula is C22H23N3O2. The number of hydrogen-bond acceptors (Lipinski definition) is 4. The van der Waals surface area contributed by atoms with E-state index in [0.29, 0.717) is 11.4 Å². The summed E-state index contributed by atoms with van der Waals surface area (Å²) in [5.74, 6) is 1.04. The first kappa shape index (κ1) is 18.5. The molecule has 0 bridgehead atoms. The summed E-state index contributed by atoms with van der Waals surface area (Å²) in [6.45, 7) is 1.79. The molecule has 0 aromatic heterocycles. The van der Waals surface area contributed by atoms with Crippen molar-refractivity contribution in [1.82, 2.24) is 4.90 Å². The molecule has 5 nitrogen and oxygen atoms in total. The number of hydrogen-bond donors (Lipinski definition) is 1. The van der Waals surface area contributed by atoms with Crippen LogP contribution in [0.15, 0.2) is 66.4 Å². The largest absolute Gasteiger partial charge is 0.457 e. The standard InChI is InChI=1S/C22H23N3O2/c23-16-18(17-25-14-6-1-2-7-15-25)22(26)24-19-10-12-21(13-11-19)27-20-8-4-3-5-9-20/h3-5,8-13,17H,1-2,6-7,14-15H2,(H,24,26)/b18-17-. The maximum absolute atomic E-state index is 12.4. The van der Waals surface area contributed by atoms with Crippen LogP contribution in [0.25, 0.3) is 0 Å². The van der Waals surface area contributed by atoms with Gasteiger partial charge in [-0.15, -0.1) is 0 Å². The summed E-state index contributed by atoms with van der Waals surface area (Å²) < 4.78 is 5.74. The molecular weight excluding hydrogens is 338 g/mol. The Bertz CT molecular complexity index is 815. The van der Waals surface area contributed by atoms with E-state index in [9.17, 15) is 10.1 Å². The number of nitrogens with one attached hydrogen (secondary N) is 1. The molecule has 3 rings (SSSR count). The van der Waals surface area contributed by atoms with Crippen molar-refractivity contribution in [2.45, 2.75) is 25.7 Å². The van der Waals surface area contributed by atoms with Gasteiger partial charge in [-0.1, -0.05) is 31.0 Å². The van der Waals surface area contributed by atoms with Crippen LogP contribution >= 0.6 is 0 Å². The van der Waals surface area contributed by atoms with E-state index in [4.69, 9.17) is 4.74 Å². The van der Waals surface area contributed by atoms with E-state index in [2.05, 4.69) is 10.2 Å². The van der Waals surface area contributed by atoms with Crippen LogP contribution in [0.3, 0.4) is 0 Å². The second-order valence-electron chi connectivity index (χ2n) is 6.50. The second-order valence-corrected chi connectivity index (χ2v) is 6.50. The first-order chi connectivity index (χ1) is 13.2. The van der Waals surface area contributed by atoms with Crippen molar-refractivity contribution < 1.29 is 9.53 Å². The van der Waals surface area contributed by atoms with Gasteiger partial charge in [0, 0.05) is 25.0 Å². The number of nitriles is 1. The molecule has 0 saturated carbocycles. The predicted molar refractivity (Wildman–Crippen MR) is 105 cm³/mol. The number of carbonyl (C=O) groups excluding carboxylic acids is 1. The van der Waals surface area contributed by atoms with Gasteiger partial charge >= 0.3 is 0 Å². The lowest BCUT2D eigenvalue weighted by Crippen LogP contribution is -2.22. The Morgan fingerprint density at radius 3 is 2.22 bits per heavy atom. The van der Waals surface area contributed by atoms with E-state index in [1.807, 2.05) is 36.4 Å². The van der Waals surface area contributed by atoms with Gasteiger partial charge in [0.05, 0.1) is 0 Å². The molecule has 5 heteroatoms. The van der Waals surface area contributed by atoms with E-state index < -0.39 is 5.91 Å². The minimum absolute atomic E-state index is 0.126. The number of benzene rings is 2. The zero-order valence-corrected chi connectivity index (χ0v) is 15.2. The van der Waals surface area contributed by atoms with Crippen molar-refractivity contribution in [3.05, 3.63) is 66.4 Å². The minimum atomic E-state index is -0.390. The third kappa shape index (κ3) is 5.61. The first-order valence-corrected chi connectivity index (χ1v) is 9.25. The van der Waals surface area contributed by atoms with Crippen LogP contribution in [0.5, 0.6) is 11.5 Å². The smallest absolute Gasteiger partial charge is 0.267 e. The average Bonchev–Trinajstić information content (AvgIpc) is 2.97. The summed E-state index contributed by atoms with van der Waals surface area (Å²) in [5, 5.41) is 12.1. The van der Waals surface area contributed by atoms with Crippen LogP contribution in [-0.4, -0.2) is 23.9 Å². The number of anilines is 1. The van der Waals surface area contributed by atoms with Crippen LogP contribution in [0, 0.1) is 11.3 Å². The van der Waals surface area contributed by atoms with Crippen LogP contribution in [0.1, 0.15) is 25.7 Å². The monoisotopic (exact) mass is 361 g/mol. The fraction of sp³-hybridized carbons (Fsp3) is 0.273. The lowest BCUT2D eigenvalue weighted by atomic mass is 10.2. The Labute approximate surface area is 159 Å². The molecule has 1 heterocycles. The molecule has 1 amide bonds. The van der Waals surface area contributed by atoms with Crippen molar-refractivity contribution in [3.63, 3.8) is 0 Å². The number of para-hydroxylation sites is 1. The summed E-state index contributed by atoms with van der Waals surface area (Å²) in [4.78, 5) is 14.5. The normalized spacial score (nSPS) is 14.8. The first-order valence-electron chi connectivity index (χ1n) is 9.25. The quantitative estimate of drug-likeness (QED) is 0.619. The molecule has 138 valence electrons. The SMILES string of the molecule is N#C/C(=C/N1CCCCCC1)C(=O)Nc1ccc(Oc2ccccc2)cc1. The summed E-state index contributed by atoms with van der Waals surface area (Å²) in [6, 6.07) is 18.6. The van der Waals surface area contributed by atoms with Gasteiger partial charge in [0.2, 0.25) is 0 Å². The molecule has 2 aromatic rings. The molecule has 0 aliphatic carbocycles. The van der Waals surface area contributed by atoms with Crippen LogP contribution in [0.4, 0.5) is 5.69 Å². The molecule has 1 aliphatic heterocycles. The molecule has 1 N–H and O–H groups in total. The highest BCUT2D eigenvalue weighted by Gasteiger charge is 2.13. The van der Waals surface area contributed by atoms with Gasteiger partial charge in [0.1, 0.15) is 23.1 Å². The minimum Gasteiger partial charge on any atom is -0.457 e. The predicted octanol–water partition coefficient (Wildman–Crippen LogP) is 4.70. The molecule has 0 atom stereocenters. The highest BCUT2D eigenvalue weighted by molar-refractivity contribution is 6.06. The number of nitrogens with zero attached hydrogens (tertiary/aromatic N) is 2. The Morgan fingerprint density at radius 1 is 0.963 bits per heavy atom. The summed E-state index contributed by atoms with van der Waals surface area (Å²) in [7, 11) is 0. The zero-order chi connectivity index (χ0) is 18.9. The van der Waals surface area contributed by atoms with Crippen LogP contribution < -0.4 is 10.1 Å². The van der Waals surface area contributed by atoms with Crippen molar-refractivity contribution in [1.29, 1.82) is 5.26 Å². The highest BCUT2D eigenvalue weighted by Crippen LogP contribution is 2.23. The molecule has 0 radical (unpaired) electrons. The molecule has 2 aromatic carbocycles. The van der Waals surface area contributed by atoms with Gasteiger partial charge in [-0.25, -0.2) is 0 Å². The van der Waals surface area contributed by atoms with Crippen LogP contribution in [0.2, 0.25) is 0 Å². The van der Waals surface area contributed by atoms with E-state index in [1.165, 1.54) is 12.8 Å². The van der Waals surface area contributed by atoms with Crippen molar-refractivity contribution in [3.8, 4) is 17.6 Å². The molecule has 0 spiro atoms. The van der Waals surface area contributed by atoms with Gasteiger partial charge in [-0.3, -0.25) is 4.79 Å². The summed E-state index contributed by atoms with van der Waals surface area (Å²) in [5.41, 5.74) is 0.749. The van der Waals surface area contributed by atoms with Gasteiger partial charge in [0.15, 0.2) is 0 Å². The molecule has 0 unspecified atom stereocenters. The molecule has 1 aliphatic rings. The van der Waals surface area contributed by atoms with Gasteiger partial charge < -0.3 is 15.0 Å². The zero-order valence-electron chi connectivity index (χ0n) is 15.2. The second kappa shape index (κ2) is 9.44. The maximum Gasteiger partial charge on any atom is 0.267 e. The third-order valence-electron chi connectivity index (χ3n) is 4.41. The lowest BCUT2D eigenvalue weighted by Gasteiger charge is -2.17. The van der Waals surface area contributed by atoms with E-state index >= 15 is 0 Å². The number of rotatable bonds is 5. The Hall–Kier alpha value is -3.26. The fourth-order valence-electron chi connectivity index (χ4n) is 2.97. The van der Waals surface area contributed by atoms with E-state index in [1.54, 1.807) is 30.5 Å². The Morgan fingerprint density at radius 2 is 1.59 bits per heavy atom. The Kier molecular flexibility index (Phi) is 6.48. The highest BCUT2D eigenvalue weighted by atomic mass is 16.5. The number of likely N-dealkylation sites (tertiary alicyclic amines) is 1.